The van der Waals surface area contributed by atoms with Crippen molar-refractivity contribution in [1.29, 1.82) is 5.26 Å². The molecule has 0 aliphatic carbocycles. The number of aromatic nitrogens is 1. The third kappa shape index (κ3) is 5.81. The van der Waals surface area contributed by atoms with E-state index in [2.05, 4.69) is 11.1 Å². The van der Waals surface area contributed by atoms with Crippen LogP contribution in [-0.2, 0) is 0 Å². The Morgan fingerprint density at radius 3 is 2.61 bits per heavy atom. The van der Waals surface area contributed by atoms with Gasteiger partial charge in [0.25, 0.3) is 5.69 Å². The van der Waals surface area contributed by atoms with Crippen molar-refractivity contribution in [2.75, 3.05) is 13.7 Å². The zero-order valence-electron chi connectivity index (χ0n) is 19.1. The first kappa shape index (κ1) is 24.3. The SMILES string of the molecule is COc1cccc(-c2csc(/C(C#N)=C/c3ccc(OCC(=O)c4cccc([N+](=O)[O-])c4)cc3)n2)c1. The van der Waals surface area contributed by atoms with Gasteiger partial charge in [-0.3, -0.25) is 14.9 Å². The Balaban J connectivity index is 1.43. The number of rotatable bonds is 9. The van der Waals surface area contributed by atoms with E-state index in [4.69, 9.17) is 9.47 Å². The maximum absolute atomic E-state index is 12.3. The molecule has 9 heteroatoms. The molecule has 8 nitrogen and oxygen atoms in total. The summed E-state index contributed by atoms with van der Waals surface area (Å²) in [6.07, 6.45) is 1.73. The number of ketones is 1. The number of benzene rings is 3. The molecule has 0 atom stereocenters. The first-order valence-corrected chi connectivity index (χ1v) is 11.6. The van der Waals surface area contributed by atoms with Crippen LogP contribution in [0.15, 0.2) is 78.2 Å². The molecule has 1 aromatic heterocycles. The van der Waals surface area contributed by atoms with Crippen LogP contribution in [0, 0.1) is 21.4 Å². The zero-order chi connectivity index (χ0) is 25.5. The summed E-state index contributed by atoms with van der Waals surface area (Å²) >= 11 is 1.38. The highest BCUT2D eigenvalue weighted by Gasteiger charge is 2.13. The minimum atomic E-state index is -0.551. The lowest BCUT2D eigenvalue weighted by atomic mass is 10.1. The van der Waals surface area contributed by atoms with E-state index in [0.29, 0.717) is 16.3 Å². The molecule has 4 rings (SSSR count). The number of nitriles is 1. The Morgan fingerprint density at radius 1 is 1.11 bits per heavy atom. The summed E-state index contributed by atoms with van der Waals surface area (Å²) in [6.45, 7) is -0.258. The molecule has 4 aromatic rings. The number of nitro groups is 1. The number of Topliss-reactive ketones (excluding diaryl/α,β-unsaturated/α-hetero) is 1. The van der Waals surface area contributed by atoms with Crippen LogP contribution in [0.5, 0.6) is 11.5 Å². The molecular weight excluding hydrogens is 478 g/mol. The average Bonchev–Trinajstić information content (AvgIpc) is 3.41. The van der Waals surface area contributed by atoms with Crippen molar-refractivity contribution in [3.05, 3.63) is 104 Å². The van der Waals surface area contributed by atoms with E-state index in [1.54, 1.807) is 37.5 Å². The molecule has 3 aromatic carbocycles. The van der Waals surface area contributed by atoms with Crippen LogP contribution in [0.2, 0.25) is 0 Å². The van der Waals surface area contributed by atoms with Gasteiger partial charge in [-0.25, -0.2) is 4.98 Å². The molecule has 0 bridgehead atoms. The number of nitro benzene ring substituents is 1. The highest BCUT2D eigenvalue weighted by atomic mass is 32.1. The van der Waals surface area contributed by atoms with Gasteiger partial charge in [-0.05, 0) is 35.9 Å². The van der Waals surface area contributed by atoms with Gasteiger partial charge in [0.1, 0.15) is 22.6 Å². The summed E-state index contributed by atoms with van der Waals surface area (Å²) < 4.78 is 10.8. The van der Waals surface area contributed by atoms with Crippen molar-refractivity contribution in [1.82, 2.24) is 4.98 Å². The molecule has 0 amide bonds. The Morgan fingerprint density at radius 2 is 1.89 bits per heavy atom. The number of carbonyl (C=O) groups is 1. The van der Waals surface area contributed by atoms with Crippen molar-refractivity contribution in [3.8, 4) is 28.8 Å². The molecule has 1 heterocycles. The normalized spacial score (nSPS) is 10.9. The van der Waals surface area contributed by atoms with E-state index in [0.717, 1.165) is 22.6 Å². The van der Waals surface area contributed by atoms with Gasteiger partial charge in [0.05, 0.1) is 23.3 Å². The van der Waals surface area contributed by atoms with Gasteiger partial charge >= 0.3 is 0 Å². The number of thiazole rings is 1. The summed E-state index contributed by atoms with van der Waals surface area (Å²) in [5, 5.41) is 23.1. The number of methoxy groups -OCH3 is 1. The lowest BCUT2D eigenvalue weighted by Gasteiger charge is -2.06. The number of hydrogen-bond acceptors (Lipinski definition) is 8. The molecular formula is C27H19N3O5S. The fourth-order valence-corrected chi connectivity index (χ4v) is 4.10. The van der Waals surface area contributed by atoms with Gasteiger partial charge in [-0.15, -0.1) is 11.3 Å². The van der Waals surface area contributed by atoms with Crippen molar-refractivity contribution in [2.24, 2.45) is 0 Å². The lowest BCUT2D eigenvalue weighted by Crippen LogP contribution is -2.11. The van der Waals surface area contributed by atoms with Crippen molar-refractivity contribution < 1.29 is 19.2 Å². The third-order valence-corrected chi connectivity index (χ3v) is 6.04. The third-order valence-electron chi connectivity index (χ3n) is 5.16. The molecule has 178 valence electrons. The molecule has 0 saturated heterocycles. The topological polar surface area (TPSA) is 115 Å². The Labute approximate surface area is 210 Å². The molecule has 0 aliphatic heterocycles. The molecule has 0 unspecified atom stereocenters. The monoisotopic (exact) mass is 497 g/mol. The summed E-state index contributed by atoms with van der Waals surface area (Å²) in [5.74, 6) is 0.816. The summed E-state index contributed by atoms with van der Waals surface area (Å²) in [7, 11) is 1.60. The van der Waals surface area contributed by atoms with Gasteiger partial charge in [-0.1, -0.05) is 36.4 Å². The van der Waals surface area contributed by atoms with Crippen LogP contribution >= 0.6 is 11.3 Å². The molecule has 0 N–H and O–H groups in total. The van der Waals surface area contributed by atoms with E-state index < -0.39 is 4.92 Å². The number of carbonyl (C=O) groups excluding carboxylic acids is 1. The highest BCUT2D eigenvalue weighted by Crippen LogP contribution is 2.29. The van der Waals surface area contributed by atoms with Crippen molar-refractivity contribution >= 4 is 34.5 Å². The first-order valence-electron chi connectivity index (χ1n) is 10.7. The Hall–Kier alpha value is -4.81. The minimum Gasteiger partial charge on any atom is -0.497 e. The molecule has 0 fully saturated rings. The number of ether oxygens (including phenoxy) is 2. The number of allylic oxidation sites excluding steroid dienone is 1. The lowest BCUT2D eigenvalue weighted by molar-refractivity contribution is -0.384. The van der Waals surface area contributed by atoms with Gasteiger partial charge in [0.2, 0.25) is 0 Å². The van der Waals surface area contributed by atoms with Crippen LogP contribution in [0.4, 0.5) is 5.69 Å². The minimum absolute atomic E-state index is 0.152. The number of nitrogens with zero attached hydrogens (tertiary/aromatic N) is 3. The van der Waals surface area contributed by atoms with Crippen LogP contribution in [0.25, 0.3) is 22.9 Å². The van der Waals surface area contributed by atoms with Crippen LogP contribution in [0.1, 0.15) is 20.9 Å². The fraction of sp³-hybridized carbons (Fsp3) is 0.0741. The van der Waals surface area contributed by atoms with Gasteiger partial charge < -0.3 is 9.47 Å². The van der Waals surface area contributed by atoms with Crippen LogP contribution in [0.3, 0.4) is 0 Å². The van der Waals surface area contributed by atoms with Crippen LogP contribution in [-0.4, -0.2) is 29.4 Å². The second-order valence-electron chi connectivity index (χ2n) is 7.53. The summed E-state index contributed by atoms with van der Waals surface area (Å²) in [6, 6.07) is 22.2. The zero-order valence-corrected chi connectivity index (χ0v) is 19.9. The highest BCUT2D eigenvalue weighted by molar-refractivity contribution is 7.11. The number of hydrogen-bond donors (Lipinski definition) is 0. The van der Waals surface area contributed by atoms with Gasteiger partial charge in [0, 0.05) is 28.6 Å². The Kier molecular flexibility index (Phi) is 7.48. The maximum atomic E-state index is 12.3. The number of non-ortho nitro benzene ring substituents is 1. The molecule has 0 saturated carbocycles. The largest absolute Gasteiger partial charge is 0.497 e. The standard InChI is InChI=1S/C27H19N3O5S/c1-34-24-7-3-4-19(14-24)25-17-36-27(29-25)21(15-28)12-18-8-10-23(11-9-18)35-16-26(31)20-5-2-6-22(13-20)30(32)33/h2-14,17H,16H2,1H3/b21-12+. The van der Waals surface area contributed by atoms with E-state index in [-0.39, 0.29) is 23.6 Å². The van der Waals surface area contributed by atoms with Gasteiger partial charge in [-0.2, -0.15) is 5.26 Å². The average molecular weight is 498 g/mol. The summed E-state index contributed by atoms with van der Waals surface area (Å²) in [5.41, 5.74) is 2.90. The maximum Gasteiger partial charge on any atom is 0.270 e. The second-order valence-corrected chi connectivity index (χ2v) is 8.39. The van der Waals surface area contributed by atoms with E-state index in [1.807, 2.05) is 29.6 Å². The fourth-order valence-electron chi connectivity index (χ4n) is 3.31. The molecule has 0 spiro atoms. The van der Waals surface area contributed by atoms with Gasteiger partial charge in [0.15, 0.2) is 12.4 Å². The smallest absolute Gasteiger partial charge is 0.270 e. The van der Waals surface area contributed by atoms with E-state index in [1.165, 1.54) is 35.6 Å². The second kappa shape index (κ2) is 11.1. The molecule has 0 radical (unpaired) electrons. The molecule has 36 heavy (non-hydrogen) atoms. The summed E-state index contributed by atoms with van der Waals surface area (Å²) in [4.78, 5) is 27.3. The van der Waals surface area contributed by atoms with E-state index in [9.17, 15) is 20.2 Å². The van der Waals surface area contributed by atoms with E-state index >= 15 is 0 Å². The van der Waals surface area contributed by atoms with Crippen molar-refractivity contribution in [2.45, 2.75) is 0 Å². The first-order chi connectivity index (χ1) is 17.5. The molecule has 0 aliphatic rings. The van der Waals surface area contributed by atoms with Crippen LogP contribution < -0.4 is 9.47 Å². The predicted molar refractivity (Wildman–Crippen MR) is 137 cm³/mol. The predicted octanol–water partition coefficient (Wildman–Crippen LogP) is 6.05. The van der Waals surface area contributed by atoms with Crippen molar-refractivity contribution in [3.63, 3.8) is 0 Å². The Bertz CT molecular complexity index is 1490. The quantitative estimate of drug-likeness (QED) is 0.120.